The Labute approximate surface area is 87.8 Å². The van der Waals surface area contributed by atoms with Crippen LogP contribution in [0, 0.1) is 10.8 Å². The Morgan fingerprint density at radius 1 is 1.46 bits per heavy atom. The summed E-state index contributed by atoms with van der Waals surface area (Å²) >= 11 is 3.55. The van der Waals surface area contributed by atoms with Gasteiger partial charge in [-0.15, -0.1) is 0 Å². The molecule has 0 bridgehead atoms. The second kappa shape index (κ2) is 3.26. The maximum Gasteiger partial charge on any atom is 0.0478 e. The Kier molecular flexibility index (Phi) is 2.77. The minimum Gasteiger partial charge on any atom is -0.550 e. The second-order valence-electron chi connectivity index (χ2n) is 4.84. The lowest BCUT2D eigenvalue weighted by Crippen LogP contribution is -2.52. The molecule has 0 saturated heterocycles. The van der Waals surface area contributed by atoms with Gasteiger partial charge in [-0.25, -0.2) is 0 Å². The largest absolute Gasteiger partial charge is 0.550 e. The van der Waals surface area contributed by atoms with Crippen LogP contribution in [-0.2, 0) is 4.79 Å². The standard InChI is InChI=1S/C10H17BrO2/c1-9(2)6-7(11)4-5-10(9,3)8(12)13/h7H,4-6H2,1-3H3,(H,12,13)/p-1/t7-,10-/m1/s1. The fraction of sp³-hybridized carbons (Fsp3) is 0.900. The lowest BCUT2D eigenvalue weighted by molar-refractivity contribution is -0.325. The van der Waals surface area contributed by atoms with Crippen LogP contribution in [-0.4, -0.2) is 10.8 Å². The number of rotatable bonds is 1. The molecule has 0 spiro atoms. The van der Waals surface area contributed by atoms with Crippen LogP contribution in [0.5, 0.6) is 0 Å². The highest BCUT2D eigenvalue weighted by atomic mass is 79.9. The van der Waals surface area contributed by atoms with Crippen LogP contribution in [0.1, 0.15) is 40.0 Å². The molecular weight excluding hydrogens is 232 g/mol. The number of halogens is 1. The van der Waals surface area contributed by atoms with E-state index in [9.17, 15) is 9.90 Å². The number of carboxylic acid groups (broad SMARTS) is 1. The van der Waals surface area contributed by atoms with Crippen LogP contribution in [0.15, 0.2) is 0 Å². The Hall–Kier alpha value is -0.0500. The van der Waals surface area contributed by atoms with Crippen LogP contribution in [0.2, 0.25) is 0 Å². The molecule has 1 aliphatic carbocycles. The normalized spacial score (nSPS) is 38.6. The number of aliphatic carboxylic acids is 1. The van der Waals surface area contributed by atoms with Crippen molar-refractivity contribution >= 4 is 21.9 Å². The van der Waals surface area contributed by atoms with Crippen molar-refractivity contribution in [1.29, 1.82) is 0 Å². The zero-order valence-electron chi connectivity index (χ0n) is 8.39. The third-order valence-corrected chi connectivity index (χ3v) is 4.42. The smallest absolute Gasteiger partial charge is 0.0478 e. The minimum atomic E-state index is -0.906. The topological polar surface area (TPSA) is 40.1 Å². The summed E-state index contributed by atoms with van der Waals surface area (Å²) in [5, 5.41) is 11.1. The highest BCUT2D eigenvalue weighted by Crippen LogP contribution is 2.51. The molecule has 0 heterocycles. The monoisotopic (exact) mass is 247 g/mol. The Bertz CT molecular complexity index is 225. The third kappa shape index (κ3) is 1.76. The molecule has 1 aliphatic rings. The molecule has 1 saturated carbocycles. The van der Waals surface area contributed by atoms with Gasteiger partial charge in [-0.1, -0.05) is 36.7 Å². The lowest BCUT2D eigenvalue weighted by Gasteiger charge is -2.50. The molecule has 0 amide bonds. The van der Waals surface area contributed by atoms with E-state index in [-0.39, 0.29) is 5.41 Å². The molecule has 1 rings (SSSR count). The van der Waals surface area contributed by atoms with Crippen LogP contribution >= 0.6 is 15.9 Å². The van der Waals surface area contributed by atoms with E-state index in [0.29, 0.717) is 11.2 Å². The zero-order chi connectivity index (χ0) is 10.3. The molecule has 0 aromatic rings. The van der Waals surface area contributed by atoms with Gasteiger partial charge in [-0.05, 0) is 24.7 Å². The number of hydrogen-bond acceptors (Lipinski definition) is 2. The van der Waals surface area contributed by atoms with E-state index in [1.54, 1.807) is 6.92 Å². The molecule has 13 heavy (non-hydrogen) atoms. The molecule has 3 heteroatoms. The quantitative estimate of drug-likeness (QED) is 0.663. The van der Waals surface area contributed by atoms with Crippen LogP contribution in [0.4, 0.5) is 0 Å². The van der Waals surface area contributed by atoms with Crippen molar-refractivity contribution in [2.24, 2.45) is 10.8 Å². The predicted octanol–water partition coefficient (Wildman–Crippen LogP) is 1.72. The van der Waals surface area contributed by atoms with Crippen molar-refractivity contribution in [3.63, 3.8) is 0 Å². The maximum absolute atomic E-state index is 11.1. The van der Waals surface area contributed by atoms with Gasteiger partial charge in [0.2, 0.25) is 0 Å². The molecule has 2 atom stereocenters. The van der Waals surface area contributed by atoms with E-state index < -0.39 is 11.4 Å². The van der Waals surface area contributed by atoms with Gasteiger partial charge in [-0.2, -0.15) is 0 Å². The molecule has 0 radical (unpaired) electrons. The number of alkyl halides is 1. The fourth-order valence-corrected chi connectivity index (χ4v) is 3.08. The van der Waals surface area contributed by atoms with Gasteiger partial charge in [0.15, 0.2) is 0 Å². The van der Waals surface area contributed by atoms with E-state index >= 15 is 0 Å². The first-order valence-electron chi connectivity index (χ1n) is 4.65. The zero-order valence-corrected chi connectivity index (χ0v) is 9.98. The van der Waals surface area contributed by atoms with E-state index in [0.717, 1.165) is 12.8 Å². The van der Waals surface area contributed by atoms with Crippen LogP contribution in [0.3, 0.4) is 0 Å². The van der Waals surface area contributed by atoms with Gasteiger partial charge >= 0.3 is 0 Å². The molecule has 1 fully saturated rings. The van der Waals surface area contributed by atoms with Gasteiger partial charge in [0.05, 0.1) is 0 Å². The Balaban J connectivity index is 2.92. The molecule has 2 nitrogen and oxygen atoms in total. The van der Waals surface area contributed by atoms with Crippen molar-refractivity contribution in [3.8, 4) is 0 Å². The summed E-state index contributed by atoms with van der Waals surface area (Å²) < 4.78 is 0. The van der Waals surface area contributed by atoms with E-state index in [2.05, 4.69) is 15.9 Å². The summed E-state index contributed by atoms with van der Waals surface area (Å²) in [5.41, 5.74) is -0.852. The van der Waals surface area contributed by atoms with Gasteiger partial charge < -0.3 is 9.90 Å². The predicted molar refractivity (Wildman–Crippen MR) is 53.5 cm³/mol. The van der Waals surface area contributed by atoms with Crippen molar-refractivity contribution in [3.05, 3.63) is 0 Å². The maximum atomic E-state index is 11.1. The summed E-state index contributed by atoms with van der Waals surface area (Å²) in [6.45, 7) is 5.83. The number of hydrogen-bond donors (Lipinski definition) is 0. The molecule has 0 unspecified atom stereocenters. The van der Waals surface area contributed by atoms with E-state index in [4.69, 9.17) is 0 Å². The summed E-state index contributed by atoms with van der Waals surface area (Å²) in [6, 6.07) is 0. The van der Waals surface area contributed by atoms with Crippen molar-refractivity contribution in [2.75, 3.05) is 0 Å². The highest BCUT2D eigenvalue weighted by molar-refractivity contribution is 9.09. The average Bonchev–Trinajstić information content (AvgIpc) is 1.96. The minimum absolute atomic E-state index is 0.182. The van der Waals surface area contributed by atoms with Crippen LogP contribution in [0.25, 0.3) is 0 Å². The Morgan fingerprint density at radius 3 is 2.38 bits per heavy atom. The molecule has 76 valence electrons. The molecule has 0 N–H and O–H groups in total. The van der Waals surface area contributed by atoms with Gasteiger partial charge in [0.25, 0.3) is 0 Å². The number of carbonyl (C=O) groups excluding carboxylic acids is 1. The second-order valence-corrected chi connectivity index (χ2v) is 6.14. The van der Waals surface area contributed by atoms with E-state index in [1.807, 2.05) is 13.8 Å². The molecule has 0 aromatic heterocycles. The van der Waals surface area contributed by atoms with Crippen LogP contribution < -0.4 is 5.11 Å². The average molecular weight is 248 g/mol. The fourth-order valence-electron chi connectivity index (χ4n) is 2.04. The van der Waals surface area contributed by atoms with Crippen molar-refractivity contribution in [1.82, 2.24) is 0 Å². The van der Waals surface area contributed by atoms with Crippen molar-refractivity contribution < 1.29 is 9.90 Å². The highest BCUT2D eigenvalue weighted by Gasteiger charge is 2.46. The van der Waals surface area contributed by atoms with Gasteiger partial charge in [-0.3, -0.25) is 0 Å². The van der Waals surface area contributed by atoms with Gasteiger partial charge in [0, 0.05) is 16.2 Å². The molecule has 0 aromatic carbocycles. The Morgan fingerprint density at radius 2 is 2.00 bits per heavy atom. The molecular formula is C10H16BrO2-. The number of carboxylic acids is 1. The summed E-state index contributed by atoms with van der Waals surface area (Å²) in [5.74, 6) is -0.906. The summed E-state index contributed by atoms with van der Waals surface area (Å²) in [7, 11) is 0. The number of carbonyl (C=O) groups is 1. The van der Waals surface area contributed by atoms with E-state index in [1.165, 1.54) is 0 Å². The lowest BCUT2D eigenvalue weighted by atomic mass is 9.59. The summed E-state index contributed by atoms with van der Waals surface area (Å²) in [4.78, 5) is 11.5. The van der Waals surface area contributed by atoms with Crippen molar-refractivity contribution in [2.45, 2.75) is 44.9 Å². The first kappa shape index (κ1) is 11.0. The molecule has 0 aliphatic heterocycles. The SMILES string of the molecule is CC1(C)C[C@H](Br)CC[C@]1(C)C(=O)[O-]. The first-order valence-corrected chi connectivity index (χ1v) is 5.57. The summed E-state index contributed by atoms with van der Waals surface area (Å²) in [6.07, 6.45) is 2.53. The van der Waals surface area contributed by atoms with Gasteiger partial charge in [0.1, 0.15) is 0 Å². The third-order valence-electron chi connectivity index (χ3n) is 3.63. The first-order chi connectivity index (χ1) is 5.79.